The Morgan fingerprint density at radius 1 is 1.38 bits per heavy atom. The number of ether oxygens (including phenoxy) is 1. The third-order valence-corrected chi connectivity index (χ3v) is 4.92. The molecule has 0 amide bonds. The lowest BCUT2D eigenvalue weighted by molar-refractivity contribution is 0.263. The number of nitrogens with two attached hydrogens (primary N) is 1. The van der Waals surface area contributed by atoms with Gasteiger partial charge in [-0.15, -0.1) is 11.3 Å². The Kier molecular flexibility index (Phi) is 4.53. The average molecular weight is 303 g/mol. The smallest absolute Gasteiger partial charge is 0.122 e. The van der Waals surface area contributed by atoms with Crippen LogP contribution in [0.5, 0.6) is 5.75 Å². The molecule has 4 nitrogen and oxygen atoms in total. The topological polar surface area (TPSA) is 51.4 Å². The van der Waals surface area contributed by atoms with Crippen LogP contribution >= 0.6 is 11.3 Å². The molecule has 0 radical (unpaired) electrons. The fourth-order valence-electron chi connectivity index (χ4n) is 2.76. The second kappa shape index (κ2) is 6.56. The number of aromatic nitrogens is 1. The van der Waals surface area contributed by atoms with Crippen molar-refractivity contribution in [3.63, 3.8) is 0 Å². The van der Waals surface area contributed by atoms with E-state index in [0.717, 1.165) is 44.8 Å². The molecule has 112 valence electrons. The normalized spacial score (nSPS) is 15.0. The van der Waals surface area contributed by atoms with Crippen LogP contribution in [0.25, 0.3) is 0 Å². The van der Waals surface area contributed by atoms with Gasteiger partial charge in [0, 0.05) is 49.5 Å². The number of rotatable bonds is 5. The maximum absolute atomic E-state index is 5.65. The number of para-hydroxylation sites is 1. The number of methoxy groups -OCH3 is 1. The fraction of sp³-hybridized carbons (Fsp3) is 0.438. The maximum Gasteiger partial charge on any atom is 0.122 e. The summed E-state index contributed by atoms with van der Waals surface area (Å²) in [6.07, 6.45) is 1.89. The first-order valence-electron chi connectivity index (χ1n) is 7.32. The third-order valence-electron chi connectivity index (χ3n) is 3.83. The summed E-state index contributed by atoms with van der Waals surface area (Å²) in [5.41, 5.74) is 8.13. The van der Waals surface area contributed by atoms with Crippen LogP contribution in [0.3, 0.4) is 0 Å². The number of fused-ring (bicyclic) bond motifs is 1. The molecular weight excluding hydrogens is 282 g/mol. The number of hydrogen-bond acceptors (Lipinski definition) is 5. The highest BCUT2D eigenvalue weighted by atomic mass is 32.1. The van der Waals surface area contributed by atoms with E-state index >= 15 is 0 Å². The molecule has 1 aromatic carbocycles. The Morgan fingerprint density at radius 2 is 2.24 bits per heavy atom. The minimum atomic E-state index is 0.724. The minimum absolute atomic E-state index is 0.724. The quantitative estimate of drug-likeness (QED) is 0.918. The molecule has 3 rings (SSSR count). The monoisotopic (exact) mass is 303 g/mol. The molecule has 21 heavy (non-hydrogen) atoms. The molecule has 2 aromatic rings. The lowest BCUT2D eigenvalue weighted by Crippen LogP contribution is -2.33. The second-order valence-electron chi connectivity index (χ2n) is 5.28. The molecule has 2 N–H and O–H groups in total. The van der Waals surface area contributed by atoms with Crippen LogP contribution in [-0.4, -0.2) is 36.6 Å². The van der Waals surface area contributed by atoms with E-state index in [2.05, 4.69) is 11.0 Å². The number of hydrogen-bond donors (Lipinski definition) is 1. The molecule has 0 spiro atoms. The third kappa shape index (κ3) is 3.26. The Balaban J connectivity index is 1.76. The molecule has 0 bridgehead atoms. The van der Waals surface area contributed by atoms with E-state index in [9.17, 15) is 0 Å². The Morgan fingerprint density at radius 3 is 3.05 bits per heavy atom. The van der Waals surface area contributed by atoms with Crippen molar-refractivity contribution < 1.29 is 4.74 Å². The predicted molar refractivity (Wildman–Crippen MR) is 85.9 cm³/mol. The highest BCUT2D eigenvalue weighted by Gasteiger charge is 2.20. The molecule has 1 aromatic heterocycles. The largest absolute Gasteiger partial charge is 0.496 e. The van der Waals surface area contributed by atoms with Crippen molar-refractivity contribution in [3.05, 3.63) is 45.4 Å². The summed E-state index contributed by atoms with van der Waals surface area (Å²) in [6.45, 7) is 3.76. The van der Waals surface area contributed by atoms with Crippen molar-refractivity contribution in [1.82, 2.24) is 9.88 Å². The molecular formula is C16H21N3OS. The van der Waals surface area contributed by atoms with E-state index in [1.54, 1.807) is 7.11 Å². The van der Waals surface area contributed by atoms with Gasteiger partial charge in [-0.1, -0.05) is 18.2 Å². The van der Waals surface area contributed by atoms with Crippen LogP contribution in [0.1, 0.15) is 21.1 Å². The Bertz CT molecular complexity index is 611. The van der Waals surface area contributed by atoms with Gasteiger partial charge < -0.3 is 10.5 Å². The predicted octanol–water partition coefficient (Wildman–Crippen LogP) is 2.06. The molecule has 0 fully saturated rings. The first-order chi connectivity index (χ1) is 10.3. The van der Waals surface area contributed by atoms with Crippen LogP contribution in [0.2, 0.25) is 0 Å². The van der Waals surface area contributed by atoms with Gasteiger partial charge in [-0.3, -0.25) is 4.90 Å². The van der Waals surface area contributed by atoms with Crippen molar-refractivity contribution in [2.24, 2.45) is 5.73 Å². The van der Waals surface area contributed by atoms with E-state index in [4.69, 9.17) is 15.5 Å². The summed E-state index contributed by atoms with van der Waals surface area (Å²) in [5, 5.41) is 1.18. The Hall–Kier alpha value is -1.43. The molecule has 0 saturated carbocycles. The van der Waals surface area contributed by atoms with E-state index in [1.807, 2.05) is 29.5 Å². The zero-order valence-corrected chi connectivity index (χ0v) is 13.2. The summed E-state index contributed by atoms with van der Waals surface area (Å²) >= 11 is 1.83. The van der Waals surface area contributed by atoms with E-state index in [0.29, 0.717) is 0 Å². The summed E-state index contributed by atoms with van der Waals surface area (Å²) in [4.78, 5) is 8.63. The fourth-order valence-corrected chi connectivity index (χ4v) is 3.94. The van der Waals surface area contributed by atoms with Gasteiger partial charge in [0.15, 0.2) is 0 Å². The van der Waals surface area contributed by atoms with Crippen molar-refractivity contribution in [2.75, 3.05) is 26.7 Å². The zero-order valence-electron chi connectivity index (χ0n) is 12.3. The zero-order chi connectivity index (χ0) is 14.7. The van der Waals surface area contributed by atoms with Crippen LogP contribution in [-0.2, 0) is 19.4 Å². The molecule has 0 saturated heterocycles. The molecule has 0 atom stereocenters. The van der Waals surface area contributed by atoms with Gasteiger partial charge in [-0.25, -0.2) is 4.98 Å². The summed E-state index contributed by atoms with van der Waals surface area (Å²) in [7, 11) is 1.72. The van der Waals surface area contributed by atoms with Crippen molar-refractivity contribution >= 4 is 11.3 Å². The summed E-state index contributed by atoms with van der Waals surface area (Å²) < 4.78 is 5.42. The number of nitrogens with zero attached hydrogens (tertiary/aromatic N) is 2. The second-order valence-corrected chi connectivity index (χ2v) is 6.45. The van der Waals surface area contributed by atoms with Gasteiger partial charge in [0.05, 0.1) is 17.8 Å². The molecule has 0 aliphatic carbocycles. The van der Waals surface area contributed by atoms with Crippen LogP contribution in [0.15, 0.2) is 24.3 Å². The average Bonchev–Trinajstić information content (AvgIpc) is 2.89. The van der Waals surface area contributed by atoms with Crippen LogP contribution < -0.4 is 10.5 Å². The van der Waals surface area contributed by atoms with Crippen LogP contribution in [0, 0.1) is 0 Å². The SMILES string of the molecule is COc1ccccc1Cc1nc2c(s1)CN(CCN)CC2. The van der Waals surface area contributed by atoms with E-state index < -0.39 is 0 Å². The van der Waals surface area contributed by atoms with Gasteiger partial charge in [0.25, 0.3) is 0 Å². The number of benzene rings is 1. The van der Waals surface area contributed by atoms with Gasteiger partial charge >= 0.3 is 0 Å². The maximum atomic E-state index is 5.65. The summed E-state index contributed by atoms with van der Waals surface area (Å²) in [5.74, 6) is 0.940. The van der Waals surface area contributed by atoms with Crippen molar-refractivity contribution in [1.29, 1.82) is 0 Å². The first-order valence-corrected chi connectivity index (χ1v) is 8.13. The van der Waals surface area contributed by atoms with Crippen LogP contribution in [0.4, 0.5) is 0 Å². The molecule has 2 heterocycles. The van der Waals surface area contributed by atoms with Gasteiger partial charge in [0.1, 0.15) is 5.75 Å². The molecule has 0 unspecified atom stereocenters. The highest BCUT2D eigenvalue weighted by molar-refractivity contribution is 7.11. The lowest BCUT2D eigenvalue weighted by Gasteiger charge is -2.24. The van der Waals surface area contributed by atoms with E-state index in [1.165, 1.54) is 21.1 Å². The molecule has 1 aliphatic heterocycles. The molecule has 1 aliphatic rings. The highest BCUT2D eigenvalue weighted by Crippen LogP contribution is 2.28. The van der Waals surface area contributed by atoms with Crippen molar-refractivity contribution in [3.8, 4) is 5.75 Å². The first kappa shape index (κ1) is 14.5. The van der Waals surface area contributed by atoms with Gasteiger partial charge in [-0.2, -0.15) is 0 Å². The van der Waals surface area contributed by atoms with Gasteiger partial charge in [0.2, 0.25) is 0 Å². The minimum Gasteiger partial charge on any atom is -0.496 e. The lowest BCUT2D eigenvalue weighted by atomic mass is 10.1. The van der Waals surface area contributed by atoms with Crippen molar-refractivity contribution in [2.45, 2.75) is 19.4 Å². The number of thiazole rings is 1. The van der Waals surface area contributed by atoms with Gasteiger partial charge in [-0.05, 0) is 6.07 Å². The Labute approximate surface area is 129 Å². The van der Waals surface area contributed by atoms with E-state index in [-0.39, 0.29) is 0 Å². The summed E-state index contributed by atoms with van der Waals surface area (Å²) in [6, 6.07) is 8.17. The molecule has 5 heteroatoms. The standard InChI is InChI=1S/C16H21N3OS/c1-20-14-5-3-2-4-12(14)10-16-18-13-6-8-19(9-7-17)11-15(13)21-16/h2-5H,6-11,17H2,1H3.